The van der Waals surface area contributed by atoms with Gasteiger partial charge in [-0.2, -0.15) is 0 Å². The van der Waals surface area contributed by atoms with E-state index in [1.54, 1.807) is 31.2 Å². The van der Waals surface area contributed by atoms with Crippen LogP contribution in [0.5, 0.6) is 0 Å². The van der Waals surface area contributed by atoms with Gasteiger partial charge in [0.05, 0.1) is 10.6 Å². The smallest absolute Gasteiger partial charge is 0.429 e. The van der Waals surface area contributed by atoms with Crippen LogP contribution in [0.2, 0.25) is 0 Å². The first-order valence-corrected chi connectivity index (χ1v) is 6.98. The number of hydrogen-bond acceptors (Lipinski definition) is 6. The molecule has 1 aliphatic carbocycles. The SMILES string of the molecule is Cc1ccccc1C(=O)OOOC(=O)OC1CCCCC1. The molecule has 0 aromatic heterocycles. The average molecular weight is 294 g/mol. The van der Waals surface area contributed by atoms with Crippen molar-refractivity contribution in [3.63, 3.8) is 0 Å². The van der Waals surface area contributed by atoms with Gasteiger partial charge in [0.25, 0.3) is 0 Å². The Bertz CT molecular complexity index is 493. The molecule has 0 atom stereocenters. The molecule has 0 amide bonds. The molecule has 1 fully saturated rings. The summed E-state index contributed by atoms with van der Waals surface area (Å²) in [4.78, 5) is 31.7. The Morgan fingerprint density at radius 2 is 1.76 bits per heavy atom. The Labute approximate surface area is 122 Å². The maximum atomic E-state index is 11.7. The lowest BCUT2D eigenvalue weighted by molar-refractivity contribution is -0.453. The van der Waals surface area contributed by atoms with Crippen molar-refractivity contribution in [1.82, 2.24) is 0 Å². The number of aryl methyl sites for hydroxylation is 1. The van der Waals surface area contributed by atoms with Gasteiger partial charge in [0, 0.05) is 0 Å². The summed E-state index contributed by atoms with van der Waals surface area (Å²) in [5, 5.41) is 4.18. The van der Waals surface area contributed by atoms with E-state index >= 15 is 0 Å². The molecule has 0 bridgehead atoms. The van der Waals surface area contributed by atoms with Gasteiger partial charge in [0.1, 0.15) is 6.10 Å². The molecule has 21 heavy (non-hydrogen) atoms. The minimum atomic E-state index is -1.00. The van der Waals surface area contributed by atoms with Crippen molar-refractivity contribution in [2.24, 2.45) is 0 Å². The van der Waals surface area contributed by atoms with Gasteiger partial charge < -0.3 is 4.74 Å². The van der Waals surface area contributed by atoms with Crippen LogP contribution in [-0.2, 0) is 19.6 Å². The standard InChI is InChI=1S/C15H18O6/c1-11-7-5-6-10-13(11)14(16)19-21-20-15(17)18-12-8-3-2-4-9-12/h5-7,10,12H,2-4,8-9H2,1H3. The van der Waals surface area contributed by atoms with Gasteiger partial charge in [0.15, 0.2) is 0 Å². The first-order chi connectivity index (χ1) is 10.2. The summed E-state index contributed by atoms with van der Waals surface area (Å²) < 4.78 is 5.03. The topological polar surface area (TPSA) is 71.1 Å². The number of ether oxygens (including phenoxy) is 1. The summed E-state index contributed by atoms with van der Waals surface area (Å²) in [7, 11) is 0. The zero-order chi connectivity index (χ0) is 15.1. The van der Waals surface area contributed by atoms with E-state index in [2.05, 4.69) is 14.8 Å². The minimum absolute atomic E-state index is 0.151. The maximum absolute atomic E-state index is 11.7. The molecule has 0 heterocycles. The molecular formula is C15H18O6. The molecule has 0 N–H and O–H groups in total. The second-order valence-corrected chi connectivity index (χ2v) is 4.96. The van der Waals surface area contributed by atoms with Crippen molar-refractivity contribution in [2.75, 3.05) is 0 Å². The van der Waals surface area contributed by atoms with Gasteiger partial charge in [-0.3, -0.25) is 4.89 Å². The summed E-state index contributed by atoms with van der Waals surface area (Å²) in [6, 6.07) is 6.84. The quantitative estimate of drug-likeness (QED) is 0.481. The highest BCUT2D eigenvalue weighted by Gasteiger charge is 2.20. The first kappa shape index (κ1) is 15.3. The lowest BCUT2D eigenvalue weighted by Gasteiger charge is -2.20. The van der Waals surface area contributed by atoms with Crippen LogP contribution in [0, 0.1) is 6.92 Å². The Balaban J connectivity index is 1.70. The highest BCUT2D eigenvalue weighted by atomic mass is 17.5. The second kappa shape index (κ2) is 7.64. The second-order valence-electron chi connectivity index (χ2n) is 4.96. The van der Waals surface area contributed by atoms with Gasteiger partial charge in [-0.25, -0.2) is 14.5 Å². The van der Waals surface area contributed by atoms with E-state index in [0.717, 1.165) is 37.7 Å². The fourth-order valence-electron chi connectivity index (χ4n) is 2.26. The van der Waals surface area contributed by atoms with E-state index in [1.807, 2.05) is 0 Å². The fourth-order valence-corrected chi connectivity index (χ4v) is 2.26. The van der Waals surface area contributed by atoms with E-state index in [-0.39, 0.29) is 6.10 Å². The molecule has 6 nitrogen and oxygen atoms in total. The summed E-state index contributed by atoms with van der Waals surface area (Å²) >= 11 is 0. The van der Waals surface area contributed by atoms with Gasteiger partial charge in [-0.15, -0.1) is 0 Å². The van der Waals surface area contributed by atoms with E-state index < -0.39 is 12.1 Å². The number of carbonyl (C=O) groups excluding carboxylic acids is 2. The van der Waals surface area contributed by atoms with E-state index in [0.29, 0.717) is 5.56 Å². The molecule has 1 aromatic carbocycles. The molecule has 0 radical (unpaired) electrons. The maximum Gasteiger partial charge on any atom is 0.543 e. The molecule has 2 rings (SSSR count). The summed E-state index contributed by atoms with van der Waals surface area (Å²) in [5.41, 5.74) is 1.07. The van der Waals surface area contributed by atoms with Crippen LogP contribution >= 0.6 is 0 Å². The Kier molecular flexibility index (Phi) is 5.57. The first-order valence-electron chi connectivity index (χ1n) is 6.98. The zero-order valence-electron chi connectivity index (χ0n) is 11.9. The van der Waals surface area contributed by atoms with Gasteiger partial charge in [-0.1, -0.05) is 24.6 Å². The van der Waals surface area contributed by atoms with Gasteiger partial charge in [0.2, 0.25) is 0 Å². The minimum Gasteiger partial charge on any atom is -0.429 e. The molecule has 1 aliphatic rings. The summed E-state index contributed by atoms with van der Waals surface area (Å²) in [5.74, 6) is -0.737. The number of carbonyl (C=O) groups is 2. The Hall–Kier alpha value is -2.08. The van der Waals surface area contributed by atoms with Crippen LogP contribution < -0.4 is 0 Å². The van der Waals surface area contributed by atoms with Crippen LogP contribution in [0.1, 0.15) is 48.0 Å². The van der Waals surface area contributed by atoms with Crippen LogP contribution in [0.15, 0.2) is 24.3 Å². The number of hydrogen-bond donors (Lipinski definition) is 0. The highest BCUT2D eigenvalue weighted by Crippen LogP contribution is 2.20. The predicted octanol–water partition coefficient (Wildman–Crippen LogP) is 3.48. The molecule has 0 aliphatic heterocycles. The summed E-state index contributed by atoms with van der Waals surface area (Å²) in [6.07, 6.45) is 3.69. The van der Waals surface area contributed by atoms with Crippen molar-refractivity contribution in [3.8, 4) is 0 Å². The molecule has 0 spiro atoms. The number of benzene rings is 1. The number of rotatable bonds is 4. The van der Waals surface area contributed by atoms with Crippen LogP contribution in [0.4, 0.5) is 4.79 Å². The van der Waals surface area contributed by atoms with Gasteiger partial charge in [-0.05, 0) is 44.2 Å². The largest absolute Gasteiger partial charge is 0.543 e. The normalized spacial score (nSPS) is 15.3. The zero-order valence-corrected chi connectivity index (χ0v) is 11.9. The van der Waals surface area contributed by atoms with Crippen molar-refractivity contribution in [1.29, 1.82) is 0 Å². The van der Waals surface area contributed by atoms with Crippen molar-refractivity contribution >= 4 is 12.1 Å². The molecular weight excluding hydrogens is 276 g/mol. The predicted molar refractivity (Wildman–Crippen MR) is 72.1 cm³/mol. The Morgan fingerprint density at radius 1 is 1.05 bits per heavy atom. The van der Waals surface area contributed by atoms with Crippen LogP contribution in [0.3, 0.4) is 0 Å². The third-order valence-electron chi connectivity index (χ3n) is 3.39. The van der Waals surface area contributed by atoms with Crippen molar-refractivity contribution < 1.29 is 29.1 Å². The third kappa shape index (κ3) is 4.75. The fraction of sp³-hybridized carbons (Fsp3) is 0.467. The Morgan fingerprint density at radius 3 is 2.48 bits per heavy atom. The monoisotopic (exact) mass is 294 g/mol. The molecule has 1 aromatic rings. The lowest BCUT2D eigenvalue weighted by atomic mass is 9.98. The lowest BCUT2D eigenvalue weighted by Crippen LogP contribution is -2.22. The molecule has 1 saturated carbocycles. The van der Waals surface area contributed by atoms with E-state index in [1.165, 1.54) is 0 Å². The molecule has 0 saturated heterocycles. The van der Waals surface area contributed by atoms with E-state index in [9.17, 15) is 9.59 Å². The van der Waals surface area contributed by atoms with Gasteiger partial charge >= 0.3 is 12.1 Å². The van der Waals surface area contributed by atoms with Crippen molar-refractivity contribution in [3.05, 3.63) is 35.4 Å². The highest BCUT2D eigenvalue weighted by molar-refractivity contribution is 5.90. The van der Waals surface area contributed by atoms with Crippen LogP contribution in [0.25, 0.3) is 0 Å². The van der Waals surface area contributed by atoms with Crippen molar-refractivity contribution in [2.45, 2.75) is 45.1 Å². The third-order valence-corrected chi connectivity index (χ3v) is 3.39. The molecule has 0 unspecified atom stereocenters. The van der Waals surface area contributed by atoms with E-state index in [4.69, 9.17) is 4.74 Å². The van der Waals surface area contributed by atoms with Crippen LogP contribution in [-0.4, -0.2) is 18.2 Å². The molecule has 114 valence electrons. The molecule has 6 heteroatoms. The average Bonchev–Trinajstić information content (AvgIpc) is 2.48. The summed E-state index contributed by atoms with van der Waals surface area (Å²) in [6.45, 7) is 1.76.